The molecular weight excluding hydrogens is 303 g/mol. The van der Waals surface area contributed by atoms with Crippen LogP contribution in [0.25, 0.3) is 0 Å². The number of aryl methyl sites for hydroxylation is 2. The zero-order valence-corrected chi connectivity index (χ0v) is 11.9. The summed E-state index contributed by atoms with van der Waals surface area (Å²) < 4.78 is 39.9. The zero-order valence-electron chi connectivity index (χ0n) is 11.0. The number of anilines is 1. The molecule has 8 nitrogen and oxygen atoms in total. The van der Waals surface area contributed by atoms with Gasteiger partial charge in [-0.05, 0) is 26.0 Å². The Hall–Kier alpha value is -2.49. The number of aromatic amines is 1. The van der Waals surface area contributed by atoms with Crippen LogP contribution in [0.3, 0.4) is 0 Å². The summed E-state index contributed by atoms with van der Waals surface area (Å²) in [6.07, 6.45) is 0. The Kier molecular flexibility index (Phi) is 3.64. The monoisotopic (exact) mass is 314 g/mol. The Labute approximate surface area is 119 Å². The average Bonchev–Trinajstić information content (AvgIpc) is 2.70. The first kappa shape index (κ1) is 14.9. The summed E-state index contributed by atoms with van der Waals surface area (Å²) in [5.74, 6) is -1.10. The lowest BCUT2D eigenvalue weighted by molar-refractivity contribution is -0.387. The van der Waals surface area contributed by atoms with Crippen molar-refractivity contribution in [1.82, 2.24) is 10.2 Å². The lowest BCUT2D eigenvalue weighted by atomic mass is 10.3. The molecule has 1 aromatic heterocycles. The van der Waals surface area contributed by atoms with Crippen LogP contribution in [-0.2, 0) is 10.0 Å². The molecule has 0 saturated heterocycles. The third-order valence-corrected chi connectivity index (χ3v) is 4.14. The van der Waals surface area contributed by atoms with Crippen LogP contribution in [0.1, 0.15) is 11.4 Å². The van der Waals surface area contributed by atoms with Crippen LogP contribution >= 0.6 is 0 Å². The molecule has 0 bridgehead atoms. The van der Waals surface area contributed by atoms with Gasteiger partial charge in [-0.3, -0.25) is 19.9 Å². The maximum atomic E-state index is 13.2. The molecular formula is C11H11FN4O4S. The summed E-state index contributed by atoms with van der Waals surface area (Å²) in [6.45, 7) is 3.21. The van der Waals surface area contributed by atoms with E-state index in [-0.39, 0.29) is 5.69 Å². The third-order valence-electron chi connectivity index (χ3n) is 2.79. The van der Waals surface area contributed by atoms with Gasteiger partial charge in [0.05, 0.1) is 26.9 Å². The molecule has 0 aliphatic carbocycles. The van der Waals surface area contributed by atoms with Crippen molar-refractivity contribution < 1.29 is 17.7 Å². The number of nitrogens with one attached hydrogen (secondary N) is 2. The minimum absolute atomic E-state index is 0.252. The van der Waals surface area contributed by atoms with Crippen LogP contribution in [0.15, 0.2) is 23.1 Å². The first-order valence-electron chi connectivity index (χ1n) is 5.70. The van der Waals surface area contributed by atoms with Gasteiger partial charge in [-0.25, -0.2) is 8.42 Å². The molecule has 2 rings (SSSR count). The number of nitrogens with zero attached hydrogens (tertiary/aromatic N) is 2. The van der Waals surface area contributed by atoms with Crippen molar-refractivity contribution >= 4 is 21.4 Å². The van der Waals surface area contributed by atoms with Gasteiger partial charge in [0.15, 0.2) is 0 Å². The molecule has 10 heteroatoms. The molecule has 0 saturated carbocycles. The van der Waals surface area contributed by atoms with Crippen molar-refractivity contribution in [3.8, 4) is 0 Å². The van der Waals surface area contributed by atoms with E-state index in [0.717, 1.165) is 12.1 Å². The number of nitro benzene ring substituents is 1. The van der Waals surface area contributed by atoms with E-state index in [0.29, 0.717) is 17.5 Å². The zero-order chi connectivity index (χ0) is 15.8. The maximum Gasteiger partial charge on any atom is 0.306 e. The Morgan fingerprint density at radius 3 is 2.57 bits per heavy atom. The Bertz CT molecular complexity index is 796. The number of hydrogen-bond acceptors (Lipinski definition) is 5. The summed E-state index contributed by atoms with van der Waals surface area (Å²) in [6, 6.07) is 2.36. The van der Waals surface area contributed by atoms with E-state index in [9.17, 15) is 22.9 Å². The SMILES string of the molecule is Cc1n[nH]c(C)c1NS(=O)(=O)c1ccc(F)c([N+](=O)[O-])c1. The number of H-pyrrole nitrogens is 1. The number of nitro groups is 1. The quantitative estimate of drug-likeness (QED) is 0.659. The minimum atomic E-state index is -4.08. The highest BCUT2D eigenvalue weighted by atomic mass is 32.2. The number of benzene rings is 1. The third kappa shape index (κ3) is 2.84. The van der Waals surface area contributed by atoms with Crippen molar-refractivity contribution in [3.05, 3.63) is 45.5 Å². The van der Waals surface area contributed by atoms with Gasteiger partial charge in [0, 0.05) is 6.07 Å². The number of halogens is 1. The van der Waals surface area contributed by atoms with Gasteiger partial charge in [-0.1, -0.05) is 0 Å². The lowest BCUT2D eigenvalue weighted by Gasteiger charge is -2.08. The van der Waals surface area contributed by atoms with Crippen LogP contribution in [0, 0.1) is 29.8 Å². The van der Waals surface area contributed by atoms with Crippen LogP contribution in [0.2, 0.25) is 0 Å². The maximum absolute atomic E-state index is 13.2. The molecule has 2 aromatic rings. The molecule has 1 heterocycles. The average molecular weight is 314 g/mol. The molecule has 21 heavy (non-hydrogen) atoms. The summed E-state index contributed by atoms with van der Waals surface area (Å²) in [5, 5.41) is 17.1. The predicted octanol–water partition coefficient (Wildman–Crippen LogP) is 1.87. The summed E-state index contributed by atoms with van der Waals surface area (Å²) in [5.41, 5.74) is 0.265. The van der Waals surface area contributed by atoms with Gasteiger partial charge < -0.3 is 0 Å². The highest BCUT2D eigenvalue weighted by molar-refractivity contribution is 7.92. The Balaban J connectivity index is 2.45. The Morgan fingerprint density at radius 1 is 1.38 bits per heavy atom. The van der Waals surface area contributed by atoms with Gasteiger partial charge in [0.25, 0.3) is 10.0 Å². The molecule has 1 aromatic carbocycles. The fourth-order valence-electron chi connectivity index (χ4n) is 1.69. The van der Waals surface area contributed by atoms with Crippen LogP contribution < -0.4 is 4.72 Å². The molecule has 0 amide bonds. The molecule has 0 fully saturated rings. The van der Waals surface area contributed by atoms with Crippen molar-refractivity contribution in [2.45, 2.75) is 18.7 Å². The van der Waals surface area contributed by atoms with Gasteiger partial charge in [0.1, 0.15) is 0 Å². The first-order valence-corrected chi connectivity index (χ1v) is 7.19. The number of rotatable bonds is 4. The number of sulfonamides is 1. The fourth-order valence-corrected chi connectivity index (χ4v) is 2.90. The molecule has 0 radical (unpaired) electrons. The standard InChI is InChI=1S/C11H11FN4O4S/c1-6-11(7(2)14-13-6)15-21(19,20)8-3-4-9(12)10(5-8)16(17)18/h3-5,15H,1-2H3,(H,13,14). The molecule has 0 unspecified atom stereocenters. The summed E-state index contributed by atoms with van der Waals surface area (Å²) in [4.78, 5) is 9.27. The van der Waals surface area contributed by atoms with E-state index in [4.69, 9.17) is 0 Å². The second-order valence-corrected chi connectivity index (χ2v) is 5.97. The Morgan fingerprint density at radius 2 is 2.05 bits per heavy atom. The van der Waals surface area contributed by atoms with Crippen molar-refractivity contribution in [2.75, 3.05) is 4.72 Å². The lowest BCUT2D eigenvalue weighted by Crippen LogP contribution is -2.14. The molecule has 112 valence electrons. The highest BCUT2D eigenvalue weighted by Crippen LogP contribution is 2.25. The van der Waals surface area contributed by atoms with Crippen molar-refractivity contribution in [3.63, 3.8) is 0 Å². The van der Waals surface area contributed by atoms with Crippen LogP contribution in [-0.4, -0.2) is 23.5 Å². The van der Waals surface area contributed by atoms with E-state index >= 15 is 0 Å². The molecule has 0 spiro atoms. The second-order valence-electron chi connectivity index (χ2n) is 4.28. The number of aromatic nitrogens is 2. The van der Waals surface area contributed by atoms with Crippen LogP contribution in [0.4, 0.5) is 15.8 Å². The summed E-state index contributed by atoms with van der Waals surface area (Å²) >= 11 is 0. The normalized spacial score (nSPS) is 11.4. The van der Waals surface area contributed by atoms with E-state index < -0.39 is 31.3 Å². The molecule has 0 aliphatic rings. The smallest absolute Gasteiger partial charge is 0.280 e. The molecule has 0 aliphatic heterocycles. The van der Waals surface area contributed by atoms with Gasteiger partial charge in [0.2, 0.25) is 5.82 Å². The van der Waals surface area contributed by atoms with Crippen LogP contribution in [0.5, 0.6) is 0 Å². The van der Waals surface area contributed by atoms with Gasteiger partial charge in [-0.2, -0.15) is 9.49 Å². The topological polar surface area (TPSA) is 118 Å². The van der Waals surface area contributed by atoms with Gasteiger partial charge in [-0.15, -0.1) is 0 Å². The van der Waals surface area contributed by atoms with Gasteiger partial charge >= 0.3 is 5.69 Å². The van der Waals surface area contributed by atoms with E-state index in [1.165, 1.54) is 0 Å². The first-order chi connectivity index (χ1) is 9.72. The van der Waals surface area contributed by atoms with E-state index in [2.05, 4.69) is 14.9 Å². The van der Waals surface area contributed by atoms with E-state index in [1.807, 2.05) is 0 Å². The molecule has 2 N–H and O–H groups in total. The predicted molar refractivity (Wildman–Crippen MR) is 71.9 cm³/mol. The number of hydrogen-bond donors (Lipinski definition) is 2. The van der Waals surface area contributed by atoms with Crippen molar-refractivity contribution in [1.29, 1.82) is 0 Å². The minimum Gasteiger partial charge on any atom is -0.280 e. The highest BCUT2D eigenvalue weighted by Gasteiger charge is 2.23. The largest absolute Gasteiger partial charge is 0.306 e. The molecule has 0 atom stereocenters. The van der Waals surface area contributed by atoms with E-state index in [1.54, 1.807) is 13.8 Å². The summed E-state index contributed by atoms with van der Waals surface area (Å²) in [7, 11) is -4.08. The second kappa shape index (κ2) is 5.13. The fraction of sp³-hybridized carbons (Fsp3) is 0.182. The van der Waals surface area contributed by atoms with Crippen molar-refractivity contribution in [2.24, 2.45) is 0 Å².